The molecule has 0 radical (unpaired) electrons. The van der Waals surface area contributed by atoms with Gasteiger partial charge in [-0.25, -0.2) is 0 Å². The van der Waals surface area contributed by atoms with Gasteiger partial charge in [-0.3, -0.25) is 4.98 Å². The number of nitriles is 1. The van der Waals surface area contributed by atoms with Crippen molar-refractivity contribution in [1.82, 2.24) is 4.98 Å². The maximum Gasteiger partial charge on any atom is 0.101 e. The van der Waals surface area contributed by atoms with Gasteiger partial charge in [0.05, 0.1) is 24.3 Å². The number of ether oxygens (including phenoxy) is 1. The largest absolute Gasteiger partial charge is 0.372 e. The normalized spacial score (nSPS) is 10.4. The summed E-state index contributed by atoms with van der Waals surface area (Å²) in [5, 5.41) is 9.84. The molecule has 0 saturated carbocycles. The van der Waals surface area contributed by atoms with E-state index in [1.54, 1.807) is 6.20 Å². The van der Waals surface area contributed by atoms with Crippen LogP contribution in [0.4, 0.5) is 0 Å². The van der Waals surface area contributed by atoms with Gasteiger partial charge >= 0.3 is 0 Å². The predicted octanol–water partition coefficient (Wildman–Crippen LogP) is 3.82. The number of hydrogen-bond donors (Lipinski definition) is 0. The topological polar surface area (TPSA) is 45.9 Å². The molecule has 0 amide bonds. The highest BCUT2D eigenvalue weighted by atomic mass is 16.5. The summed E-state index contributed by atoms with van der Waals surface area (Å²) >= 11 is 0. The lowest BCUT2D eigenvalue weighted by molar-refractivity contribution is 0.107. The minimum absolute atomic E-state index is 0.548. The van der Waals surface area contributed by atoms with Gasteiger partial charge in [0.15, 0.2) is 0 Å². The average Bonchev–Trinajstić information content (AvgIpc) is 2.55. The Hall–Kier alpha value is -2.70. The molecule has 21 heavy (non-hydrogen) atoms. The summed E-state index contributed by atoms with van der Waals surface area (Å²) in [5.41, 5.74) is 3.70. The van der Waals surface area contributed by atoms with Crippen LogP contribution in [-0.2, 0) is 18.0 Å². The van der Waals surface area contributed by atoms with E-state index in [0.29, 0.717) is 18.8 Å². The first kappa shape index (κ1) is 13.3. The molecule has 0 unspecified atom stereocenters. The van der Waals surface area contributed by atoms with Crippen molar-refractivity contribution in [3.63, 3.8) is 0 Å². The Labute approximate surface area is 123 Å². The Kier molecular flexibility index (Phi) is 3.90. The minimum Gasteiger partial charge on any atom is -0.372 e. The molecule has 0 aliphatic carbocycles. The molecule has 0 bridgehead atoms. The zero-order valence-corrected chi connectivity index (χ0v) is 11.5. The summed E-state index contributed by atoms with van der Waals surface area (Å²) in [6.45, 7) is 1.15. The van der Waals surface area contributed by atoms with Crippen molar-refractivity contribution < 1.29 is 4.74 Å². The van der Waals surface area contributed by atoms with Crippen molar-refractivity contribution >= 4 is 10.9 Å². The Morgan fingerprint density at radius 1 is 0.952 bits per heavy atom. The molecule has 2 aromatic carbocycles. The third kappa shape index (κ3) is 3.25. The van der Waals surface area contributed by atoms with Crippen molar-refractivity contribution in [2.75, 3.05) is 0 Å². The fourth-order valence-electron chi connectivity index (χ4n) is 2.18. The molecule has 0 aliphatic heterocycles. The zero-order valence-electron chi connectivity index (χ0n) is 11.5. The number of hydrogen-bond acceptors (Lipinski definition) is 3. The van der Waals surface area contributed by atoms with Crippen LogP contribution in [0.25, 0.3) is 10.9 Å². The third-order valence-corrected chi connectivity index (χ3v) is 3.26. The van der Waals surface area contributed by atoms with E-state index < -0.39 is 0 Å². The standard InChI is InChI=1S/C18H14N2O/c19-10-16-8-17-7-6-15(9-18(17)20-11-16)13-21-12-14-4-2-1-3-5-14/h1-9,11H,12-13H2. The second kappa shape index (κ2) is 6.17. The number of rotatable bonds is 4. The summed E-state index contributed by atoms with van der Waals surface area (Å²) in [6, 6.07) is 20.0. The summed E-state index contributed by atoms with van der Waals surface area (Å²) in [6.07, 6.45) is 1.59. The molecular weight excluding hydrogens is 260 g/mol. The molecule has 1 aromatic heterocycles. The predicted molar refractivity (Wildman–Crippen MR) is 81.4 cm³/mol. The van der Waals surface area contributed by atoms with Gasteiger partial charge in [-0.05, 0) is 23.3 Å². The van der Waals surface area contributed by atoms with Crippen molar-refractivity contribution in [2.24, 2.45) is 0 Å². The highest BCUT2D eigenvalue weighted by Crippen LogP contribution is 2.16. The quantitative estimate of drug-likeness (QED) is 0.726. The van der Waals surface area contributed by atoms with E-state index in [4.69, 9.17) is 10.00 Å². The van der Waals surface area contributed by atoms with Gasteiger partial charge in [-0.15, -0.1) is 0 Å². The van der Waals surface area contributed by atoms with E-state index in [9.17, 15) is 0 Å². The van der Waals surface area contributed by atoms with Crippen LogP contribution in [0.15, 0.2) is 60.8 Å². The Balaban J connectivity index is 1.69. The highest BCUT2D eigenvalue weighted by Gasteiger charge is 2.00. The molecule has 3 nitrogen and oxygen atoms in total. The molecule has 3 rings (SSSR count). The fourth-order valence-corrected chi connectivity index (χ4v) is 2.18. The van der Waals surface area contributed by atoms with Crippen LogP contribution in [0, 0.1) is 11.3 Å². The first-order valence-corrected chi connectivity index (χ1v) is 6.75. The van der Waals surface area contributed by atoms with Crippen LogP contribution >= 0.6 is 0 Å². The van der Waals surface area contributed by atoms with E-state index in [2.05, 4.69) is 11.1 Å². The lowest BCUT2D eigenvalue weighted by Crippen LogP contribution is -1.94. The maximum absolute atomic E-state index is 8.87. The number of fused-ring (bicyclic) bond motifs is 1. The molecule has 0 fully saturated rings. The van der Waals surface area contributed by atoms with Crippen LogP contribution in [0.3, 0.4) is 0 Å². The molecule has 0 spiro atoms. The SMILES string of the molecule is N#Cc1cnc2cc(COCc3ccccc3)ccc2c1. The Morgan fingerprint density at radius 2 is 1.76 bits per heavy atom. The monoisotopic (exact) mass is 274 g/mol. The highest BCUT2D eigenvalue weighted by molar-refractivity contribution is 5.80. The fraction of sp³-hybridized carbons (Fsp3) is 0.111. The molecular formula is C18H14N2O. The number of pyridine rings is 1. The molecule has 0 aliphatic rings. The van der Waals surface area contributed by atoms with Gasteiger partial charge in [-0.1, -0.05) is 42.5 Å². The van der Waals surface area contributed by atoms with Crippen LogP contribution in [-0.4, -0.2) is 4.98 Å². The van der Waals surface area contributed by atoms with Crippen LogP contribution in [0.2, 0.25) is 0 Å². The second-order valence-corrected chi connectivity index (χ2v) is 4.84. The van der Waals surface area contributed by atoms with Gasteiger partial charge in [0.1, 0.15) is 6.07 Å². The second-order valence-electron chi connectivity index (χ2n) is 4.84. The van der Waals surface area contributed by atoms with E-state index in [1.807, 2.05) is 54.6 Å². The van der Waals surface area contributed by atoms with Gasteiger partial charge in [0.25, 0.3) is 0 Å². The first-order chi connectivity index (χ1) is 10.3. The van der Waals surface area contributed by atoms with Crippen LogP contribution < -0.4 is 0 Å². The zero-order chi connectivity index (χ0) is 14.5. The smallest absolute Gasteiger partial charge is 0.101 e. The maximum atomic E-state index is 8.87. The summed E-state index contributed by atoms with van der Waals surface area (Å²) in [5.74, 6) is 0. The van der Waals surface area contributed by atoms with E-state index in [0.717, 1.165) is 22.0 Å². The molecule has 0 atom stereocenters. The molecule has 102 valence electrons. The summed E-state index contributed by atoms with van der Waals surface area (Å²) in [4.78, 5) is 4.30. The van der Waals surface area contributed by atoms with Gasteiger partial charge in [0.2, 0.25) is 0 Å². The molecule has 3 aromatic rings. The Bertz CT molecular complexity index is 791. The molecule has 1 heterocycles. The molecule has 3 heteroatoms. The lowest BCUT2D eigenvalue weighted by atomic mass is 10.1. The van der Waals surface area contributed by atoms with Crippen molar-refractivity contribution in [3.8, 4) is 6.07 Å². The van der Waals surface area contributed by atoms with Gasteiger partial charge < -0.3 is 4.74 Å². The Morgan fingerprint density at radius 3 is 2.57 bits per heavy atom. The first-order valence-electron chi connectivity index (χ1n) is 6.75. The number of aromatic nitrogens is 1. The average molecular weight is 274 g/mol. The van der Waals surface area contributed by atoms with E-state index >= 15 is 0 Å². The van der Waals surface area contributed by atoms with Crippen molar-refractivity contribution in [3.05, 3.63) is 77.5 Å². The molecule has 0 N–H and O–H groups in total. The number of benzene rings is 2. The van der Waals surface area contributed by atoms with E-state index in [-0.39, 0.29) is 0 Å². The van der Waals surface area contributed by atoms with Crippen molar-refractivity contribution in [2.45, 2.75) is 13.2 Å². The van der Waals surface area contributed by atoms with E-state index in [1.165, 1.54) is 0 Å². The third-order valence-electron chi connectivity index (χ3n) is 3.26. The van der Waals surface area contributed by atoms with Gasteiger partial charge in [0, 0.05) is 11.6 Å². The summed E-state index contributed by atoms with van der Waals surface area (Å²) in [7, 11) is 0. The van der Waals surface area contributed by atoms with Gasteiger partial charge in [-0.2, -0.15) is 5.26 Å². The van der Waals surface area contributed by atoms with Crippen LogP contribution in [0.1, 0.15) is 16.7 Å². The summed E-state index contributed by atoms with van der Waals surface area (Å²) < 4.78 is 5.72. The molecule has 0 saturated heterocycles. The van der Waals surface area contributed by atoms with Crippen LogP contribution in [0.5, 0.6) is 0 Å². The lowest BCUT2D eigenvalue weighted by Gasteiger charge is -2.06. The minimum atomic E-state index is 0.548. The number of nitrogens with zero attached hydrogens (tertiary/aromatic N) is 2. The van der Waals surface area contributed by atoms with Crippen molar-refractivity contribution in [1.29, 1.82) is 5.26 Å².